The van der Waals surface area contributed by atoms with E-state index >= 15 is 0 Å². The molecule has 0 aliphatic carbocycles. The van der Waals surface area contributed by atoms with Crippen LogP contribution in [0.5, 0.6) is 0 Å². The Labute approximate surface area is 187 Å². The van der Waals surface area contributed by atoms with E-state index in [1.807, 2.05) is 56.6 Å². The van der Waals surface area contributed by atoms with Crippen LogP contribution in [0.1, 0.15) is 56.3 Å². The normalized spacial score (nSPS) is 15.8. The van der Waals surface area contributed by atoms with Gasteiger partial charge in [0.15, 0.2) is 6.61 Å². The highest BCUT2D eigenvalue weighted by Gasteiger charge is 2.22. The number of ketones is 1. The van der Waals surface area contributed by atoms with Crippen LogP contribution in [0.25, 0.3) is 5.69 Å². The summed E-state index contributed by atoms with van der Waals surface area (Å²) >= 11 is 0. The maximum atomic E-state index is 12.7. The van der Waals surface area contributed by atoms with Gasteiger partial charge in [-0.3, -0.25) is 4.79 Å². The van der Waals surface area contributed by atoms with E-state index in [4.69, 9.17) is 9.47 Å². The van der Waals surface area contributed by atoms with E-state index in [0.29, 0.717) is 11.1 Å². The van der Waals surface area contributed by atoms with Gasteiger partial charge in [-0.1, -0.05) is 0 Å². The number of benzene rings is 1. The van der Waals surface area contributed by atoms with Crippen molar-refractivity contribution >= 4 is 11.8 Å². The van der Waals surface area contributed by atoms with Gasteiger partial charge < -0.3 is 14.0 Å². The van der Waals surface area contributed by atoms with Gasteiger partial charge in [0, 0.05) is 35.8 Å². The predicted molar refractivity (Wildman–Crippen MR) is 121 cm³/mol. The second-order valence-corrected chi connectivity index (χ2v) is 8.42. The Morgan fingerprint density at radius 2 is 1.84 bits per heavy atom. The highest BCUT2D eigenvalue weighted by molar-refractivity contribution is 6.00. The minimum absolute atomic E-state index is 0.193. The first kappa shape index (κ1) is 22.0. The highest BCUT2D eigenvalue weighted by atomic mass is 16.5. The molecule has 2 aromatic heterocycles. The Bertz CT molecular complexity index is 1130. The molecule has 0 N–H and O–H groups in total. The van der Waals surface area contributed by atoms with Gasteiger partial charge in [-0.2, -0.15) is 5.10 Å². The van der Waals surface area contributed by atoms with Crippen molar-refractivity contribution in [3.8, 4) is 5.69 Å². The third-order valence-electron chi connectivity index (χ3n) is 5.98. The number of carbonyl (C=O) groups is 2. The van der Waals surface area contributed by atoms with Crippen LogP contribution in [0.2, 0.25) is 0 Å². The topological polar surface area (TPSA) is 75.3 Å². The van der Waals surface area contributed by atoms with Crippen molar-refractivity contribution in [3.63, 3.8) is 0 Å². The summed E-state index contributed by atoms with van der Waals surface area (Å²) in [5.41, 5.74) is 5.68. The van der Waals surface area contributed by atoms with Gasteiger partial charge in [-0.15, -0.1) is 0 Å². The molecule has 1 atom stereocenters. The standard InChI is InChI=1S/C25H29N3O4/c1-16-12-18(3)28(26-16)21-9-7-20(8-10-21)25(30)32-15-24(29)23-13-17(2)27(19(23)4)14-22-6-5-11-31-22/h7-10,12-13,22H,5-6,11,14-15H2,1-4H3/t22-/m1/s1. The third-order valence-corrected chi connectivity index (χ3v) is 5.98. The molecule has 0 radical (unpaired) electrons. The Balaban J connectivity index is 1.38. The molecule has 0 amide bonds. The zero-order valence-electron chi connectivity index (χ0n) is 19.1. The molecule has 32 heavy (non-hydrogen) atoms. The van der Waals surface area contributed by atoms with Crippen LogP contribution < -0.4 is 0 Å². The number of Topliss-reactive ketones (excluding diaryl/α,β-unsaturated/α-hetero) is 1. The van der Waals surface area contributed by atoms with Crippen LogP contribution >= 0.6 is 0 Å². The molecule has 0 bridgehead atoms. The Morgan fingerprint density at radius 1 is 1.09 bits per heavy atom. The van der Waals surface area contributed by atoms with Gasteiger partial charge in [0.25, 0.3) is 0 Å². The van der Waals surface area contributed by atoms with E-state index in [9.17, 15) is 9.59 Å². The molecule has 7 nitrogen and oxygen atoms in total. The van der Waals surface area contributed by atoms with Crippen molar-refractivity contribution in [1.29, 1.82) is 0 Å². The zero-order valence-corrected chi connectivity index (χ0v) is 19.1. The molecule has 1 saturated heterocycles. The predicted octanol–water partition coefficient (Wildman–Crippen LogP) is 4.13. The third kappa shape index (κ3) is 4.53. The molecular formula is C25H29N3O4. The molecule has 0 spiro atoms. The van der Waals surface area contributed by atoms with Gasteiger partial charge in [-0.05, 0) is 76.9 Å². The molecule has 0 unspecified atom stereocenters. The second-order valence-electron chi connectivity index (χ2n) is 8.42. The molecule has 1 aliphatic rings. The quantitative estimate of drug-likeness (QED) is 0.412. The van der Waals surface area contributed by atoms with Crippen LogP contribution in [-0.4, -0.2) is 45.4 Å². The fourth-order valence-corrected chi connectivity index (χ4v) is 4.28. The molecular weight excluding hydrogens is 406 g/mol. The summed E-state index contributed by atoms with van der Waals surface area (Å²) in [5, 5.41) is 4.44. The molecule has 1 aliphatic heterocycles. The molecule has 1 aromatic carbocycles. The van der Waals surface area contributed by atoms with Crippen molar-refractivity contribution in [2.45, 2.75) is 53.2 Å². The number of rotatable bonds is 7. The van der Waals surface area contributed by atoms with Gasteiger partial charge >= 0.3 is 5.97 Å². The van der Waals surface area contributed by atoms with Crippen molar-refractivity contribution in [2.24, 2.45) is 0 Å². The van der Waals surface area contributed by atoms with Crippen molar-refractivity contribution in [1.82, 2.24) is 14.3 Å². The molecule has 3 aromatic rings. The van der Waals surface area contributed by atoms with Gasteiger partial charge in [-0.25, -0.2) is 9.48 Å². The van der Waals surface area contributed by atoms with E-state index in [0.717, 1.165) is 54.5 Å². The zero-order chi connectivity index (χ0) is 22.8. The lowest BCUT2D eigenvalue weighted by molar-refractivity contribution is 0.0474. The number of nitrogens with zero attached hydrogens (tertiary/aromatic N) is 3. The van der Waals surface area contributed by atoms with Crippen molar-refractivity contribution in [2.75, 3.05) is 13.2 Å². The lowest BCUT2D eigenvalue weighted by Gasteiger charge is -2.14. The van der Waals surface area contributed by atoms with Crippen LogP contribution in [0.4, 0.5) is 0 Å². The highest BCUT2D eigenvalue weighted by Crippen LogP contribution is 2.21. The summed E-state index contributed by atoms with van der Waals surface area (Å²) in [5.74, 6) is -0.726. The monoisotopic (exact) mass is 435 g/mol. The first-order valence-corrected chi connectivity index (χ1v) is 11.0. The van der Waals surface area contributed by atoms with Crippen LogP contribution in [0.15, 0.2) is 36.4 Å². The summed E-state index contributed by atoms with van der Waals surface area (Å²) in [6.07, 6.45) is 2.31. The molecule has 0 saturated carbocycles. The van der Waals surface area contributed by atoms with Gasteiger partial charge in [0.05, 0.1) is 23.0 Å². The van der Waals surface area contributed by atoms with Gasteiger partial charge in [0.2, 0.25) is 5.78 Å². The van der Waals surface area contributed by atoms with Crippen LogP contribution in [0.3, 0.4) is 0 Å². The molecule has 1 fully saturated rings. The average Bonchev–Trinajstić information content (AvgIpc) is 3.48. The first-order valence-electron chi connectivity index (χ1n) is 11.0. The lowest BCUT2D eigenvalue weighted by Crippen LogP contribution is -2.18. The average molecular weight is 436 g/mol. The van der Waals surface area contributed by atoms with Crippen molar-refractivity contribution in [3.05, 3.63) is 70.3 Å². The van der Waals surface area contributed by atoms with E-state index < -0.39 is 5.97 Å². The Morgan fingerprint density at radius 3 is 2.47 bits per heavy atom. The fourth-order valence-electron chi connectivity index (χ4n) is 4.28. The summed E-state index contributed by atoms with van der Waals surface area (Å²) in [7, 11) is 0. The molecule has 168 valence electrons. The largest absolute Gasteiger partial charge is 0.454 e. The minimum Gasteiger partial charge on any atom is -0.454 e. The SMILES string of the molecule is Cc1cc(C)n(-c2ccc(C(=O)OCC(=O)c3cc(C)n(C[C@H]4CCCO4)c3C)cc2)n1. The number of aryl methyl sites for hydroxylation is 3. The maximum Gasteiger partial charge on any atom is 0.338 e. The second kappa shape index (κ2) is 9.12. The number of aromatic nitrogens is 3. The van der Waals surface area contributed by atoms with E-state index in [-0.39, 0.29) is 18.5 Å². The molecule has 3 heterocycles. The summed E-state index contributed by atoms with van der Waals surface area (Å²) in [6, 6.07) is 10.9. The number of hydrogen-bond donors (Lipinski definition) is 0. The summed E-state index contributed by atoms with van der Waals surface area (Å²) in [4.78, 5) is 25.2. The van der Waals surface area contributed by atoms with E-state index in [2.05, 4.69) is 9.67 Å². The molecule has 7 heteroatoms. The Hall–Kier alpha value is -3.19. The first-order chi connectivity index (χ1) is 15.3. The minimum atomic E-state index is -0.522. The van der Waals surface area contributed by atoms with E-state index in [1.165, 1.54) is 0 Å². The lowest BCUT2D eigenvalue weighted by atomic mass is 10.1. The van der Waals surface area contributed by atoms with Crippen molar-refractivity contribution < 1.29 is 19.1 Å². The molecule has 4 rings (SSSR count). The summed E-state index contributed by atoms with van der Waals surface area (Å²) < 4.78 is 15.0. The van der Waals surface area contributed by atoms with Crippen LogP contribution in [0, 0.1) is 27.7 Å². The van der Waals surface area contributed by atoms with E-state index in [1.54, 1.807) is 12.1 Å². The summed E-state index contributed by atoms with van der Waals surface area (Å²) in [6.45, 7) is 9.07. The smallest absolute Gasteiger partial charge is 0.338 e. The van der Waals surface area contributed by atoms with Gasteiger partial charge in [0.1, 0.15) is 0 Å². The fraction of sp³-hybridized carbons (Fsp3) is 0.400. The van der Waals surface area contributed by atoms with Crippen LogP contribution in [-0.2, 0) is 16.0 Å². The number of esters is 1. The number of hydrogen-bond acceptors (Lipinski definition) is 5. The number of ether oxygens (including phenoxy) is 2. The Kier molecular flexibility index (Phi) is 6.28. The maximum absolute atomic E-state index is 12.7. The number of carbonyl (C=O) groups excluding carboxylic acids is 2.